The van der Waals surface area contributed by atoms with Crippen LogP contribution in [0.4, 0.5) is 0 Å². The Morgan fingerprint density at radius 3 is 2.57 bits per heavy atom. The van der Waals surface area contributed by atoms with Crippen LogP contribution in [-0.4, -0.2) is 23.4 Å². The third-order valence-electron chi connectivity index (χ3n) is 5.06. The summed E-state index contributed by atoms with van der Waals surface area (Å²) in [6, 6.07) is 10.2. The van der Waals surface area contributed by atoms with Crippen LogP contribution in [0.5, 0.6) is 0 Å². The van der Waals surface area contributed by atoms with Gasteiger partial charge in [-0.05, 0) is 49.7 Å². The summed E-state index contributed by atoms with van der Waals surface area (Å²) in [6.45, 7) is 7.88. The molecule has 0 bridgehead atoms. The molecular weight excluding hydrogens is 282 g/mol. The van der Waals surface area contributed by atoms with Crippen LogP contribution in [-0.2, 0) is 0 Å². The van der Waals surface area contributed by atoms with Crippen molar-refractivity contribution in [3.63, 3.8) is 0 Å². The number of amides is 1. The molecule has 1 heterocycles. The highest BCUT2D eigenvalue weighted by Gasteiger charge is 2.28. The van der Waals surface area contributed by atoms with Crippen LogP contribution in [0.25, 0.3) is 0 Å². The number of piperidine rings is 1. The van der Waals surface area contributed by atoms with Gasteiger partial charge in [-0.1, -0.05) is 58.2 Å². The molecule has 0 spiro atoms. The van der Waals surface area contributed by atoms with Gasteiger partial charge in [0.1, 0.15) is 0 Å². The van der Waals surface area contributed by atoms with Gasteiger partial charge in [-0.25, -0.2) is 0 Å². The maximum Gasteiger partial charge on any atom is 0.254 e. The zero-order valence-corrected chi connectivity index (χ0v) is 15.1. The van der Waals surface area contributed by atoms with Crippen LogP contribution in [0.2, 0.25) is 0 Å². The minimum Gasteiger partial charge on any atom is -0.336 e. The molecule has 1 saturated heterocycles. The fourth-order valence-corrected chi connectivity index (χ4v) is 3.72. The normalized spacial score (nSPS) is 19.8. The van der Waals surface area contributed by atoms with Crippen molar-refractivity contribution >= 4 is 5.91 Å². The molecule has 0 aromatic heterocycles. The van der Waals surface area contributed by atoms with Gasteiger partial charge in [0.15, 0.2) is 0 Å². The average Bonchev–Trinajstić information content (AvgIpc) is 2.55. The van der Waals surface area contributed by atoms with E-state index >= 15 is 0 Å². The van der Waals surface area contributed by atoms with Gasteiger partial charge in [0.2, 0.25) is 0 Å². The number of hydrogen-bond donors (Lipinski definition) is 0. The fourth-order valence-electron chi connectivity index (χ4n) is 3.72. The zero-order valence-electron chi connectivity index (χ0n) is 15.1. The van der Waals surface area contributed by atoms with Crippen molar-refractivity contribution < 1.29 is 4.79 Å². The van der Waals surface area contributed by atoms with Crippen molar-refractivity contribution in [3.05, 3.63) is 35.9 Å². The van der Waals surface area contributed by atoms with Crippen LogP contribution < -0.4 is 0 Å². The van der Waals surface area contributed by atoms with E-state index in [1.165, 1.54) is 32.1 Å². The van der Waals surface area contributed by atoms with Gasteiger partial charge < -0.3 is 4.90 Å². The number of hydrogen-bond acceptors (Lipinski definition) is 1. The summed E-state index contributed by atoms with van der Waals surface area (Å²) in [4.78, 5) is 15.0. The van der Waals surface area contributed by atoms with Gasteiger partial charge in [0.05, 0.1) is 0 Å². The lowest BCUT2D eigenvalue weighted by Crippen LogP contribution is -2.44. The molecule has 1 amide bonds. The van der Waals surface area contributed by atoms with E-state index in [9.17, 15) is 4.79 Å². The Hall–Kier alpha value is -1.31. The number of nitrogens with zero attached hydrogens (tertiary/aromatic N) is 1. The van der Waals surface area contributed by atoms with E-state index in [1.807, 2.05) is 30.3 Å². The van der Waals surface area contributed by atoms with Crippen molar-refractivity contribution in [3.8, 4) is 0 Å². The standard InChI is InChI=1S/C21H33NO/c1-17(2)10-9-11-18(3)16-20-14-7-8-15-22(20)21(23)19-12-5-4-6-13-19/h4-6,12-13,17-18,20H,7-11,14-16H2,1-3H3/t18-,20+/m1/s1. The molecule has 23 heavy (non-hydrogen) atoms. The third-order valence-corrected chi connectivity index (χ3v) is 5.06. The summed E-state index contributed by atoms with van der Waals surface area (Å²) in [5.74, 6) is 1.74. The van der Waals surface area contributed by atoms with E-state index in [4.69, 9.17) is 0 Å². The minimum atomic E-state index is 0.227. The van der Waals surface area contributed by atoms with Crippen molar-refractivity contribution in [2.45, 2.75) is 71.8 Å². The monoisotopic (exact) mass is 315 g/mol. The second kappa shape index (κ2) is 9.10. The molecule has 0 unspecified atom stereocenters. The maximum absolute atomic E-state index is 12.8. The number of benzene rings is 1. The predicted octanol–water partition coefficient (Wildman–Crippen LogP) is 5.53. The van der Waals surface area contributed by atoms with Crippen LogP contribution >= 0.6 is 0 Å². The lowest BCUT2D eigenvalue weighted by molar-refractivity contribution is 0.0577. The van der Waals surface area contributed by atoms with Crippen LogP contribution in [0.3, 0.4) is 0 Å². The largest absolute Gasteiger partial charge is 0.336 e. The second-order valence-electron chi connectivity index (χ2n) is 7.68. The minimum absolute atomic E-state index is 0.227. The summed E-state index contributed by atoms with van der Waals surface area (Å²) < 4.78 is 0. The lowest BCUT2D eigenvalue weighted by Gasteiger charge is -2.37. The lowest BCUT2D eigenvalue weighted by atomic mass is 9.89. The molecule has 1 aromatic rings. The van der Waals surface area contributed by atoms with E-state index < -0.39 is 0 Å². The molecule has 128 valence electrons. The van der Waals surface area contributed by atoms with Crippen LogP contribution in [0, 0.1) is 11.8 Å². The van der Waals surface area contributed by atoms with Crippen molar-refractivity contribution in [1.29, 1.82) is 0 Å². The molecule has 2 rings (SSSR count). The molecule has 2 nitrogen and oxygen atoms in total. The predicted molar refractivity (Wildman–Crippen MR) is 97.6 cm³/mol. The van der Waals surface area contributed by atoms with E-state index in [2.05, 4.69) is 25.7 Å². The molecular formula is C21H33NO. The first-order valence-corrected chi connectivity index (χ1v) is 9.44. The number of likely N-dealkylation sites (tertiary alicyclic amines) is 1. The van der Waals surface area contributed by atoms with Gasteiger partial charge in [-0.3, -0.25) is 4.79 Å². The maximum atomic E-state index is 12.8. The van der Waals surface area contributed by atoms with E-state index in [1.54, 1.807) is 0 Å². The first-order valence-electron chi connectivity index (χ1n) is 9.44. The summed E-state index contributed by atoms with van der Waals surface area (Å²) in [5.41, 5.74) is 0.840. The highest BCUT2D eigenvalue weighted by atomic mass is 16.2. The Kier molecular flexibility index (Phi) is 7.14. The molecule has 2 atom stereocenters. The highest BCUT2D eigenvalue weighted by molar-refractivity contribution is 5.94. The Bertz CT molecular complexity index is 468. The molecule has 1 aromatic carbocycles. The highest BCUT2D eigenvalue weighted by Crippen LogP contribution is 2.27. The van der Waals surface area contributed by atoms with Crippen molar-refractivity contribution in [2.24, 2.45) is 11.8 Å². The SMILES string of the molecule is CC(C)CCC[C@@H](C)C[C@@H]1CCCCN1C(=O)c1ccccc1. The Balaban J connectivity index is 1.91. The van der Waals surface area contributed by atoms with Crippen LogP contribution in [0.15, 0.2) is 30.3 Å². The molecule has 0 saturated carbocycles. The molecule has 0 radical (unpaired) electrons. The summed E-state index contributed by atoms with van der Waals surface area (Å²) in [6.07, 6.45) is 8.68. The van der Waals surface area contributed by atoms with E-state index in [-0.39, 0.29) is 5.91 Å². The zero-order chi connectivity index (χ0) is 16.7. The second-order valence-corrected chi connectivity index (χ2v) is 7.68. The van der Waals surface area contributed by atoms with Crippen molar-refractivity contribution in [1.82, 2.24) is 4.90 Å². The topological polar surface area (TPSA) is 20.3 Å². The smallest absolute Gasteiger partial charge is 0.254 e. The van der Waals surface area contributed by atoms with Gasteiger partial charge in [0, 0.05) is 18.2 Å². The molecule has 1 fully saturated rings. The molecule has 0 N–H and O–H groups in total. The number of rotatable bonds is 7. The van der Waals surface area contributed by atoms with Gasteiger partial charge in [-0.15, -0.1) is 0 Å². The van der Waals surface area contributed by atoms with Gasteiger partial charge in [0.25, 0.3) is 5.91 Å². The number of carbonyl (C=O) groups excluding carboxylic acids is 1. The molecule has 1 aliphatic rings. The quantitative estimate of drug-likeness (QED) is 0.647. The van der Waals surface area contributed by atoms with Crippen molar-refractivity contribution in [2.75, 3.05) is 6.54 Å². The molecule has 0 aliphatic carbocycles. The molecule has 1 aliphatic heterocycles. The fraction of sp³-hybridized carbons (Fsp3) is 0.667. The molecule has 2 heteroatoms. The van der Waals surface area contributed by atoms with Gasteiger partial charge >= 0.3 is 0 Å². The van der Waals surface area contributed by atoms with E-state index in [0.717, 1.165) is 30.9 Å². The van der Waals surface area contributed by atoms with Crippen LogP contribution in [0.1, 0.15) is 76.1 Å². The first kappa shape index (κ1) is 18.0. The summed E-state index contributed by atoms with van der Waals surface area (Å²) in [7, 11) is 0. The Morgan fingerprint density at radius 2 is 1.87 bits per heavy atom. The van der Waals surface area contributed by atoms with E-state index in [0.29, 0.717) is 12.0 Å². The Labute approximate surface area is 142 Å². The van der Waals surface area contributed by atoms with Gasteiger partial charge in [-0.2, -0.15) is 0 Å². The summed E-state index contributed by atoms with van der Waals surface area (Å²) in [5, 5.41) is 0. The Morgan fingerprint density at radius 1 is 1.13 bits per heavy atom. The number of carbonyl (C=O) groups is 1. The summed E-state index contributed by atoms with van der Waals surface area (Å²) >= 11 is 0. The average molecular weight is 316 g/mol. The third kappa shape index (κ3) is 5.67. The first-order chi connectivity index (χ1) is 11.1.